The van der Waals surface area contributed by atoms with Crippen molar-refractivity contribution in [1.82, 2.24) is 0 Å². The van der Waals surface area contributed by atoms with Crippen molar-refractivity contribution in [3.05, 3.63) is 118 Å². The minimum atomic E-state index is -1.02. The number of nitrogens with one attached hydrogen (secondary N) is 1. The molecular formula is C57H66N2O17. The van der Waals surface area contributed by atoms with E-state index in [2.05, 4.69) is 5.32 Å². The topological polar surface area (TPSA) is 247 Å². The fourth-order valence-electron chi connectivity index (χ4n) is 7.09. The van der Waals surface area contributed by atoms with Crippen LogP contribution in [0, 0.1) is 0 Å². The molecule has 0 bridgehead atoms. The van der Waals surface area contributed by atoms with E-state index in [0.717, 1.165) is 27.8 Å². The molecule has 6 aromatic rings. The maximum Gasteiger partial charge on any atom is 0.243 e. The molecule has 1 atom stereocenters. The third kappa shape index (κ3) is 15.5. The molecule has 0 saturated heterocycles. The van der Waals surface area contributed by atoms with Gasteiger partial charge in [0.1, 0.15) is 11.8 Å². The lowest BCUT2D eigenvalue weighted by Crippen LogP contribution is -2.38. The molecule has 0 radical (unpaired) electrons. The maximum atomic E-state index is 12.0. The number of rotatable bonds is 21. The predicted octanol–water partition coefficient (Wildman–Crippen LogP) is 9.05. The van der Waals surface area contributed by atoms with Crippen molar-refractivity contribution < 1.29 is 82.1 Å². The summed E-state index contributed by atoms with van der Waals surface area (Å²) in [4.78, 5) is 12.0. The molecule has 0 fully saturated rings. The number of ether oxygens (including phenoxy) is 12. The summed E-state index contributed by atoms with van der Waals surface area (Å²) in [6.07, 6.45) is 10.9. The van der Waals surface area contributed by atoms with Crippen molar-refractivity contribution in [3.63, 3.8) is 0 Å². The minimum absolute atomic E-state index is 0.0968. The van der Waals surface area contributed by atoms with Gasteiger partial charge in [0.15, 0.2) is 57.5 Å². The molecule has 406 valence electrons. The zero-order chi connectivity index (χ0) is 55.9. The van der Waals surface area contributed by atoms with Gasteiger partial charge in [0.05, 0.1) is 97.6 Å². The third-order valence-electron chi connectivity index (χ3n) is 11.0. The van der Waals surface area contributed by atoms with Crippen LogP contribution in [-0.4, -0.2) is 124 Å². The molecule has 0 aliphatic carbocycles. The van der Waals surface area contributed by atoms with Crippen molar-refractivity contribution in [2.75, 3.05) is 97.2 Å². The van der Waals surface area contributed by atoms with Gasteiger partial charge in [-0.2, -0.15) is 0 Å². The Morgan fingerprint density at radius 2 is 0.763 bits per heavy atom. The second-order valence-corrected chi connectivity index (χ2v) is 15.6. The largest absolute Gasteiger partial charge is 0.504 e. The molecule has 19 nitrogen and oxygen atoms in total. The summed E-state index contributed by atoms with van der Waals surface area (Å²) in [5.41, 5.74) is 10.6. The first-order valence-corrected chi connectivity index (χ1v) is 22.9. The van der Waals surface area contributed by atoms with Gasteiger partial charge >= 0.3 is 0 Å². The lowest BCUT2D eigenvalue weighted by Gasteiger charge is -2.14. The quantitative estimate of drug-likeness (QED) is 0.0291. The van der Waals surface area contributed by atoms with E-state index >= 15 is 0 Å². The Labute approximate surface area is 442 Å². The van der Waals surface area contributed by atoms with Crippen molar-refractivity contribution in [2.45, 2.75) is 6.04 Å². The number of methoxy groups -OCH3 is 12. The molecule has 1 unspecified atom stereocenters. The summed E-state index contributed by atoms with van der Waals surface area (Å²) in [5.74, 6) is 5.06. The molecule has 76 heavy (non-hydrogen) atoms. The van der Waals surface area contributed by atoms with Crippen LogP contribution in [0.2, 0.25) is 0 Å². The Morgan fingerprint density at radius 1 is 0.421 bits per heavy atom. The zero-order valence-electron chi connectivity index (χ0n) is 44.5. The molecule has 7 N–H and O–H groups in total. The van der Waals surface area contributed by atoms with E-state index in [1.807, 2.05) is 60.7 Å². The second kappa shape index (κ2) is 29.6. The highest BCUT2D eigenvalue weighted by molar-refractivity contribution is 5.96. The van der Waals surface area contributed by atoms with Crippen molar-refractivity contribution >= 4 is 48.1 Å². The Balaban J connectivity index is 0.000000248. The van der Waals surface area contributed by atoms with Gasteiger partial charge in [-0.1, -0.05) is 48.6 Å². The Kier molecular flexibility index (Phi) is 23.2. The van der Waals surface area contributed by atoms with Gasteiger partial charge in [0.25, 0.3) is 0 Å². The highest BCUT2D eigenvalue weighted by Gasteiger charge is 2.17. The summed E-state index contributed by atoms with van der Waals surface area (Å²) in [7, 11) is 18.4. The van der Waals surface area contributed by atoms with Gasteiger partial charge in [0.2, 0.25) is 28.9 Å². The number of phenolic OH excluding ortho intramolecular Hbond substituents is 3. The lowest BCUT2D eigenvalue weighted by molar-refractivity contribution is -0.118. The van der Waals surface area contributed by atoms with Gasteiger partial charge in [-0.3, -0.25) is 4.79 Å². The van der Waals surface area contributed by atoms with Crippen molar-refractivity contribution in [1.29, 1.82) is 0 Å². The lowest BCUT2D eigenvalue weighted by atomic mass is 10.1. The Hall–Kier alpha value is -9.07. The van der Waals surface area contributed by atoms with Crippen molar-refractivity contribution in [2.24, 2.45) is 5.73 Å². The number of carbonyl (C=O) groups excluding carboxylic acids is 1. The van der Waals surface area contributed by atoms with Crippen LogP contribution in [-0.2, 0) is 4.79 Å². The normalized spacial score (nSPS) is 11.1. The number of phenols is 3. The number of amides is 1. The summed E-state index contributed by atoms with van der Waals surface area (Å²) < 4.78 is 63.1. The summed E-state index contributed by atoms with van der Waals surface area (Å²) in [5, 5.41) is 41.4. The van der Waals surface area contributed by atoms with E-state index in [9.17, 15) is 20.1 Å². The Bertz CT molecular complexity index is 2900. The fraction of sp³-hybridized carbons (Fsp3) is 0.246. The molecule has 1 amide bonds. The number of nitrogens with two attached hydrogens (primary N) is 1. The number of aliphatic hydroxyl groups is 1. The summed E-state index contributed by atoms with van der Waals surface area (Å²) in [6.45, 7) is -0.450. The van der Waals surface area contributed by atoms with Gasteiger partial charge in [-0.25, -0.2) is 0 Å². The molecule has 0 saturated carbocycles. The highest BCUT2D eigenvalue weighted by atomic mass is 16.5. The van der Waals surface area contributed by atoms with Crippen LogP contribution < -0.4 is 67.9 Å². The number of hydrogen-bond acceptors (Lipinski definition) is 18. The molecule has 0 aliphatic heterocycles. The molecule has 6 aromatic carbocycles. The van der Waals surface area contributed by atoms with Gasteiger partial charge in [0, 0.05) is 5.56 Å². The average molecular weight is 1050 g/mol. The van der Waals surface area contributed by atoms with E-state index in [0.29, 0.717) is 74.5 Å². The summed E-state index contributed by atoms with van der Waals surface area (Å²) >= 11 is 0. The van der Waals surface area contributed by atoms with E-state index in [4.69, 9.17) is 67.7 Å². The van der Waals surface area contributed by atoms with Gasteiger partial charge < -0.3 is 88.3 Å². The SMILES string of the molecule is COc1ccc(/C=C\c2cc(OC)c(OC)c(OC)c2)c(O)c1O.COc1ccc(/C=C\c2cc(OC)c(OC)c(OC)c2)cc1NC(=O)C(N)CO.COc1ccc(/C=C\c2cc(OC)c(OC)c(OC)c2)cc1O. The van der Waals surface area contributed by atoms with Gasteiger partial charge in [-0.05, 0) is 101 Å². The molecule has 0 heterocycles. The smallest absolute Gasteiger partial charge is 0.243 e. The molecule has 19 heteroatoms. The van der Waals surface area contributed by atoms with Crippen LogP contribution in [0.3, 0.4) is 0 Å². The summed E-state index contributed by atoms with van der Waals surface area (Å²) in [6, 6.07) is 23.6. The first-order valence-electron chi connectivity index (χ1n) is 22.9. The molecule has 0 aromatic heterocycles. The first kappa shape index (κ1) is 59.5. The number of hydrogen-bond donors (Lipinski definition) is 6. The monoisotopic (exact) mass is 1050 g/mol. The van der Waals surface area contributed by atoms with E-state index in [1.54, 1.807) is 103 Å². The highest BCUT2D eigenvalue weighted by Crippen LogP contribution is 2.42. The average Bonchev–Trinajstić information content (AvgIpc) is 3.45. The van der Waals surface area contributed by atoms with Gasteiger partial charge in [-0.15, -0.1) is 0 Å². The Morgan fingerprint density at radius 3 is 1.12 bits per heavy atom. The van der Waals surface area contributed by atoms with E-state index < -0.39 is 18.6 Å². The van der Waals surface area contributed by atoms with Crippen LogP contribution in [0.4, 0.5) is 5.69 Å². The molecule has 0 aliphatic rings. The standard InChI is InChI=1S/C21H26N2O6.C18H20O6.C18H20O5/c1-26-17-8-7-13(9-16(17)23-21(25)15(22)12-24)5-6-14-10-18(27-2)20(29-4)19(11-14)28-3;1-21-13-8-7-12(16(19)17(13)20)6-5-11-9-14(22-2)18(24-4)15(10-11)23-3;1-20-15-8-7-12(9-14(15)19)5-6-13-10-16(21-2)18(23-4)17(11-13)22-3/h5-11,15,24H,12,22H2,1-4H3,(H,23,25);5-10,19-20H,1-4H3;5-11,19H,1-4H3/b3*6-5-. The zero-order valence-corrected chi connectivity index (χ0v) is 44.5. The first-order chi connectivity index (χ1) is 36.6. The van der Waals surface area contributed by atoms with Crippen LogP contribution in [0.5, 0.6) is 86.2 Å². The fourth-order valence-corrected chi connectivity index (χ4v) is 7.09. The second-order valence-electron chi connectivity index (χ2n) is 15.6. The predicted molar refractivity (Wildman–Crippen MR) is 293 cm³/mol. The van der Waals surface area contributed by atoms with Crippen LogP contribution in [0.1, 0.15) is 33.4 Å². The van der Waals surface area contributed by atoms with E-state index in [-0.39, 0.29) is 23.0 Å². The molecular weight excluding hydrogens is 985 g/mol. The third-order valence-corrected chi connectivity index (χ3v) is 11.0. The number of benzene rings is 6. The molecule has 6 rings (SSSR count). The number of aliphatic hydroxyl groups excluding tert-OH is 1. The molecule has 0 spiro atoms. The van der Waals surface area contributed by atoms with E-state index in [1.165, 1.54) is 42.7 Å². The minimum Gasteiger partial charge on any atom is -0.504 e. The number of anilines is 1. The van der Waals surface area contributed by atoms with Crippen molar-refractivity contribution in [3.8, 4) is 86.2 Å². The number of aromatic hydroxyl groups is 3. The van der Waals surface area contributed by atoms with Crippen LogP contribution in [0.25, 0.3) is 36.5 Å². The number of carbonyl (C=O) groups is 1. The van der Waals surface area contributed by atoms with Crippen LogP contribution in [0.15, 0.2) is 84.9 Å². The van der Waals surface area contributed by atoms with Crippen LogP contribution >= 0.6 is 0 Å². The maximum absolute atomic E-state index is 12.0.